The van der Waals surface area contributed by atoms with Gasteiger partial charge in [0.05, 0.1) is 10.5 Å². The molecule has 2 rings (SSSR count). The minimum absolute atomic E-state index is 0.0849. The monoisotopic (exact) mass is 306 g/mol. The number of nitro groups is 1. The van der Waals surface area contributed by atoms with E-state index in [2.05, 4.69) is 15.6 Å². The van der Waals surface area contributed by atoms with Crippen molar-refractivity contribution in [2.75, 3.05) is 17.7 Å². The molecule has 7 nitrogen and oxygen atoms in total. The second-order valence-electron chi connectivity index (χ2n) is 4.06. The van der Waals surface area contributed by atoms with Gasteiger partial charge in [-0.1, -0.05) is 11.6 Å². The van der Waals surface area contributed by atoms with Crippen LogP contribution >= 0.6 is 11.6 Å². The number of carbonyl (C=O) groups is 1. The van der Waals surface area contributed by atoms with E-state index in [1.165, 1.54) is 6.07 Å². The Morgan fingerprint density at radius 2 is 2.00 bits per heavy atom. The highest BCUT2D eigenvalue weighted by molar-refractivity contribution is 6.30. The number of amides is 1. The van der Waals surface area contributed by atoms with Gasteiger partial charge in [0.2, 0.25) is 0 Å². The molecule has 8 heteroatoms. The molecule has 2 N–H and O–H groups in total. The molecular weight excluding hydrogens is 296 g/mol. The maximum Gasteiger partial charge on any atom is 0.288 e. The topological polar surface area (TPSA) is 97.2 Å². The predicted octanol–water partition coefficient (Wildman–Crippen LogP) is 2.94. The lowest BCUT2D eigenvalue weighted by atomic mass is 10.2. The minimum atomic E-state index is -0.606. The van der Waals surface area contributed by atoms with Crippen molar-refractivity contribution >= 4 is 34.7 Å². The molecular formula is C13H11ClN4O3. The molecule has 0 unspecified atom stereocenters. The van der Waals surface area contributed by atoms with Crippen LogP contribution in [0, 0.1) is 10.1 Å². The lowest BCUT2D eigenvalue weighted by Gasteiger charge is -2.09. The fraction of sp³-hybridized carbons (Fsp3) is 0.0769. The highest BCUT2D eigenvalue weighted by atomic mass is 35.5. The van der Waals surface area contributed by atoms with Crippen molar-refractivity contribution in [3.8, 4) is 0 Å². The van der Waals surface area contributed by atoms with Crippen LogP contribution in [0.3, 0.4) is 0 Å². The van der Waals surface area contributed by atoms with Crippen molar-refractivity contribution in [2.45, 2.75) is 0 Å². The quantitative estimate of drug-likeness (QED) is 0.668. The van der Waals surface area contributed by atoms with E-state index in [1.54, 1.807) is 31.3 Å². The highest BCUT2D eigenvalue weighted by Gasteiger charge is 2.17. The summed E-state index contributed by atoms with van der Waals surface area (Å²) in [6, 6.07) is 7.68. The molecule has 0 radical (unpaired) electrons. The Balaban J connectivity index is 2.30. The average Bonchev–Trinajstić information content (AvgIpc) is 2.48. The molecule has 0 saturated heterocycles. The summed E-state index contributed by atoms with van der Waals surface area (Å²) < 4.78 is 0. The molecule has 0 atom stereocenters. The third-order valence-electron chi connectivity index (χ3n) is 2.67. The van der Waals surface area contributed by atoms with E-state index in [-0.39, 0.29) is 17.1 Å². The molecule has 2 aromatic rings. The summed E-state index contributed by atoms with van der Waals surface area (Å²) in [5.74, 6) is -0.245. The molecule has 0 aliphatic heterocycles. The van der Waals surface area contributed by atoms with Crippen LogP contribution in [0.15, 0.2) is 36.5 Å². The van der Waals surface area contributed by atoms with Crippen molar-refractivity contribution < 1.29 is 9.72 Å². The number of nitrogens with one attached hydrogen (secondary N) is 2. The largest absolute Gasteiger partial charge is 0.372 e. The van der Waals surface area contributed by atoms with Gasteiger partial charge in [-0.15, -0.1) is 0 Å². The van der Waals surface area contributed by atoms with Gasteiger partial charge in [0, 0.05) is 23.8 Å². The lowest BCUT2D eigenvalue weighted by Crippen LogP contribution is -2.15. The first-order chi connectivity index (χ1) is 10.0. The molecule has 1 heterocycles. The predicted molar refractivity (Wildman–Crippen MR) is 79.8 cm³/mol. The summed E-state index contributed by atoms with van der Waals surface area (Å²) in [6.45, 7) is 0. The number of halogens is 1. The van der Waals surface area contributed by atoms with Crippen molar-refractivity contribution in [3.63, 3.8) is 0 Å². The first-order valence-electron chi connectivity index (χ1n) is 5.90. The lowest BCUT2D eigenvalue weighted by molar-refractivity contribution is -0.385. The molecule has 1 amide bonds. The van der Waals surface area contributed by atoms with Gasteiger partial charge in [-0.25, -0.2) is 4.98 Å². The standard InChI is InChI=1S/C13H11ClN4O3/c1-15-12-11(6-10(7-16-12)18(20)21)13(19)17-9-4-2-8(14)3-5-9/h2-7H,1H3,(H,15,16)(H,17,19). The zero-order valence-electron chi connectivity index (χ0n) is 11.0. The number of rotatable bonds is 4. The molecule has 0 spiro atoms. The Bertz CT molecular complexity index is 688. The van der Waals surface area contributed by atoms with Crippen molar-refractivity contribution in [2.24, 2.45) is 0 Å². The molecule has 0 fully saturated rings. The van der Waals surface area contributed by atoms with Gasteiger partial charge >= 0.3 is 0 Å². The highest BCUT2D eigenvalue weighted by Crippen LogP contribution is 2.21. The van der Waals surface area contributed by atoms with Gasteiger partial charge < -0.3 is 10.6 Å². The first-order valence-corrected chi connectivity index (χ1v) is 6.28. The van der Waals surface area contributed by atoms with Gasteiger partial charge in [0.25, 0.3) is 11.6 Å². The van der Waals surface area contributed by atoms with Crippen molar-refractivity contribution in [3.05, 3.63) is 57.2 Å². The van der Waals surface area contributed by atoms with E-state index < -0.39 is 10.8 Å². The van der Waals surface area contributed by atoms with E-state index in [9.17, 15) is 14.9 Å². The third kappa shape index (κ3) is 3.46. The van der Waals surface area contributed by atoms with E-state index >= 15 is 0 Å². The average molecular weight is 307 g/mol. The second kappa shape index (κ2) is 6.19. The molecule has 0 aliphatic rings. The molecule has 0 aliphatic carbocycles. The normalized spacial score (nSPS) is 10.0. The van der Waals surface area contributed by atoms with Crippen LogP contribution in [0.4, 0.5) is 17.2 Å². The summed E-state index contributed by atoms with van der Waals surface area (Å²) >= 11 is 5.76. The number of hydrogen-bond acceptors (Lipinski definition) is 5. The van der Waals surface area contributed by atoms with E-state index in [0.717, 1.165) is 6.20 Å². The molecule has 21 heavy (non-hydrogen) atoms. The SMILES string of the molecule is CNc1ncc([N+](=O)[O-])cc1C(=O)Nc1ccc(Cl)cc1. The fourth-order valence-electron chi connectivity index (χ4n) is 1.66. The van der Waals surface area contributed by atoms with Crippen molar-refractivity contribution in [1.29, 1.82) is 0 Å². The maximum atomic E-state index is 12.2. The van der Waals surface area contributed by atoms with Crippen LogP contribution in [0.25, 0.3) is 0 Å². The summed E-state index contributed by atoms with van der Waals surface area (Å²) in [7, 11) is 1.58. The number of hydrogen-bond donors (Lipinski definition) is 2. The van der Waals surface area contributed by atoms with E-state index in [0.29, 0.717) is 10.7 Å². The molecule has 1 aromatic heterocycles. The first kappa shape index (κ1) is 14.7. The summed E-state index contributed by atoms with van der Waals surface area (Å²) in [5.41, 5.74) is 0.356. The van der Waals surface area contributed by atoms with Gasteiger partial charge in [0.15, 0.2) is 0 Å². The van der Waals surface area contributed by atoms with E-state index in [1.807, 2.05) is 0 Å². The van der Waals surface area contributed by atoms with Crippen LogP contribution in [0.2, 0.25) is 5.02 Å². The summed E-state index contributed by atoms with van der Waals surface area (Å²) in [4.78, 5) is 26.2. The Labute approximate surface area is 125 Å². The summed E-state index contributed by atoms with van der Waals surface area (Å²) in [5, 5.41) is 16.7. The fourth-order valence-corrected chi connectivity index (χ4v) is 1.78. The van der Waals surface area contributed by atoms with Gasteiger partial charge in [0.1, 0.15) is 12.0 Å². The van der Waals surface area contributed by atoms with Crippen LogP contribution in [0.1, 0.15) is 10.4 Å². The Morgan fingerprint density at radius 3 is 2.57 bits per heavy atom. The molecule has 0 saturated carbocycles. The van der Waals surface area contributed by atoms with Gasteiger partial charge in [-0.05, 0) is 24.3 Å². The van der Waals surface area contributed by atoms with E-state index in [4.69, 9.17) is 11.6 Å². The van der Waals surface area contributed by atoms with Crippen molar-refractivity contribution in [1.82, 2.24) is 4.98 Å². The Morgan fingerprint density at radius 1 is 1.33 bits per heavy atom. The van der Waals surface area contributed by atoms with Crippen LogP contribution in [0.5, 0.6) is 0 Å². The Hall–Kier alpha value is -2.67. The maximum absolute atomic E-state index is 12.2. The number of benzene rings is 1. The third-order valence-corrected chi connectivity index (χ3v) is 2.92. The number of nitrogens with zero attached hydrogens (tertiary/aromatic N) is 2. The van der Waals surface area contributed by atoms with Crippen LogP contribution in [-0.2, 0) is 0 Å². The number of carbonyl (C=O) groups excluding carboxylic acids is 1. The van der Waals surface area contributed by atoms with Crippen LogP contribution in [-0.4, -0.2) is 22.9 Å². The summed E-state index contributed by atoms with van der Waals surface area (Å²) in [6.07, 6.45) is 1.09. The number of anilines is 2. The zero-order valence-corrected chi connectivity index (χ0v) is 11.7. The molecule has 0 bridgehead atoms. The number of aromatic nitrogens is 1. The molecule has 108 valence electrons. The molecule has 1 aromatic carbocycles. The zero-order chi connectivity index (χ0) is 15.4. The van der Waals surface area contributed by atoms with Gasteiger partial charge in [-0.2, -0.15) is 0 Å². The minimum Gasteiger partial charge on any atom is -0.372 e. The smallest absolute Gasteiger partial charge is 0.288 e. The van der Waals surface area contributed by atoms with Crippen LogP contribution < -0.4 is 10.6 Å². The van der Waals surface area contributed by atoms with Gasteiger partial charge in [-0.3, -0.25) is 14.9 Å². The second-order valence-corrected chi connectivity index (χ2v) is 4.49. The number of pyridine rings is 1. The Kier molecular flexibility index (Phi) is 4.34.